The van der Waals surface area contributed by atoms with Crippen molar-refractivity contribution >= 4 is 12.0 Å². The van der Waals surface area contributed by atoms with Crippen LogP contribution in [-0.4, -0.2) is 32.3 Å². The van der Waals surface area contributed by atoms with Gasteiger partial charge in [-0.1, -0.05) is 12.8 Å². The number of esters is 1. The van der Waals surface area contributed by atoms with E-state index in [4.69, 9.17) is 14.2 Å². The Hall–Kier alpha value is -2.70. The van der Waals surface area contributed by atoms with Crippen LogP contribution in [0, 0.1) is 0 Å². The molecular formula is C21H28N2O5. The Bertz CT molecular complexity index is 766. The van der Waals surface area contributed by atoms with E-state index in [0.717, 1.165) is 25.7 Å². The quantitative estimate of drug-likeness (QED) is 0.595. The Morgan fingerprint density at radius 2 is 1.79 bits per heavy atom. The summed E-state index contributed by atoms with van der Waals surface area (Å²) < 4.78 is 16.6. The summed E-state index contributed by atoms with van der Waals surface area (Å²) >= 11 is 0. The molecule has 7 heteroatoms. The maximum atomic E-state index is 13.1. The van der Waals surface area contributed by atoms with Crippen LogP contribution in [0.3, 0.4) is 0 Å². The Morgan fingerprint density at radius 1 is 1.07 bits per heavy atom. The molecule has 28 heavy (non-hydrogen) atoms. The van der Waals surface area contributed by atoms with Gasteiger partial charge in [-0.05, 0) is 50.8 Å². The van der Waals surface area contributed by atoms with Crippen LogP contribution in [0.2, 0.25) is 0 Å². The molecule has 2 aliphatic rings. The summed E-state index contributed by atoms with van der Waals surface area (Å²) in [5.74, 6) is 0.755. The molecule has 1 aliphatic carbocycles. The molecule has 152 valence electrons. The fourth-order valence-electron chi connectivity index (χ4n) is 3.84. The minimum Gasteiger partial charge on any atom is -0.497 e. The van der Waals surface area contributed by atoms with Gasteiger partial charge in [-0.3, -0.25) is 0 Å². The zero-order valence-corrected chi connectivity index (χ0v) is 16.7. The summed E-state index contributed by atoms with van der Waals surface area (Å²) in [7, 11) is 3.11. The Kier molecular flexibility index (Phi) is 6.44. The van der Waals surface area contributed by atoms with Crippen molar-refractivity contribution in [3.05, 3.63) is 35.0 Å². The maximum Gasteiger partial charge on any atom is 0.338 e. The zero-order chi connectivity index (χ0) is 20.1. The number of allylic oxidation sites excluding steroid dienone is 1. The summed E-state index contributed by atoms with van der Waals surface area (Å²) in [5, 5.41) is 5.51. The van der Waals surface area contributed by atoms with Crippen LogP contribution in [0.1, 0.15) is 57.1 Å². The van der Waals surface area contributed by atoms with Crippen molar-refractivity contribution in [3.63, 3.8) is 0 Å². The fourth-order valence-corrected chi connectivity index (χ4v) is 3.84. The number of carbonyl (C=O) groups is 2. The third-order valence-electron chi connectivity index (χ3n) is 5.31. The van der Waals surface area contributed by atoms with Crippen LogP contribution >= 0.6 is 0 Å². The first-order valence-corrected chi connectivity index (χ1v) is 9.74. The zero-order valence-electron chi connectivity index (χ0n) is 16.7. The van der Waals surface area contributed by atoms with Gasteiger partial charge in [0.25, 0.3) is 0 Å². The first-order chi connectivity index (χ1) is 13.5. The molecule has 2 amide bonds. The lowest BCUT2D eigenvalue weighted by Crippen LogP contribution is -2.45. The third-order valence-corrected chi connectivity index (χ3v) is 5.31. The number of nitrogens with one attached hydrogen (secondary N) is 2. The normalized spacial score (nSPS) is 20.7. The van der Waals surface area contributed by atoms with Gasteiger partial charge in [0, 0.05) is 11.3 Å². The fraction of sp³-hybridized carbons (Fsp3) is 0.524. The van der Waals surface area contributed by atoms with E-state index < -0.39 is 12.0 Å². The maximum absolute atomic E-state index is 13.1. The Morgan fingerprint density at radius 3 is 2.43 bits per heavy atom. The van der Waals surface area contributed by atoms with E-state index in [-0.39, 0.29) is 12.1 Å². The van der Waals surface area contributed by atoms with Crippen molar-refractivity contribution in [3.8, 4) is 11.5 Å². The van der Waals surface area contributed by atoms with Gasteiger partial charge in [0.2, 0.25) is 0 Å². The second kappa shape index (κ2) is 8.99. The van der Waals surface area contributed by atoms with Crippen molar-refractivity contribution in [2.24, 2.45) is 0 Å². The molecule has 1 saturated carbocycles. The predicted octanol–water partition coefficient (Wildman–Crippen LogP) is 3.60. The molecule has 3 rings (SSSR count). The average molecular weight is 388 g/mol. The van der Waals surface area contributed by atoms with Crippen LogP contribution in [0.15, 0.2) is 29.5 Å². The number of amides is 2. The molecule has 0 spiro atoms. The molecule has 7 nitrogen and oxygen atoms in total. The lowest BCUT2D eigenvalue weighted by molar-refractivity contribution is -0.145. The van der Waals surface area contributed by atoms with E-state index in [2.05, 4.69) is 10.6 Å². The number of rotatable bonds is 5. The molecule has 1 atom stereocenters. The highest BCUT2D eigenvalue weighted by molar-refractivity contribution is 5.95. The molecule has 1 unspecified atom stereocenters. The standard InChI is InChI=1S/C21H28N2O5/c1-13-18(20(24)28-14-8-6-4-5-7-9-14)19(23-21(25)22-13)16-12-15(26-2)10-11-17(16)27-3/h10-12,14,19H,4-9H2,1-3H3,(H2,22,23,25). The average Bonchev–Trinajstić information content (AvgIpc) is 2.95. The number of carbonyl (C=O) groups excluding carboxylic acids is 2. The first-order valence-electron chi connectivity index (χ1n) is 9.74. The lowest BCUT2D eigenvalue weighted by atomic mass is 9.94. The highest BCUT2D eigenvalue weighted by atomic mass is 16.5. The summed E-state index contributed by atoms with van der Waals surface area (Å²) in [6.07, 6.45) is 6.17. The van der Waals surface area contributed by atoms with Gasteiger partial charge in [0.15, 0.2) is 0 Å². The molecule has 1 fully saturated rings. The predicted molar refractivity (Wildman–Crippen MR) is 104 cm³/mol. The number of ether oxygens (including phenoxy) is 3. The number of hydrogen-bond acceptors (Lipinski definition) is 5. The summed E-state index contributed by atoms with van der Waals surface area (Å²) in [5.41, 5.74) is 1.51. The Labute approximate surface area is 165 Å². The molecule has 1 aromatic rings. The summed E-state index contributed by atoms with van der Waals surface area (Å²) in [6, 6.07) is 4.23. The number of hydrogen-bond donors (Lipinski definition) is 2. The highest BCUT2D eigenvalue weighted by Gasteiger charge is 2.35. The van der Waals surface area contributed by atoms with E-state index in [9.17, 15) is 9.59 Å². The topological polar surface area (TPSA) is 85.9 Å². The van der Waals surface area contributed by atoms with Crippen molar-refractivity contribution < 1.29 is 23.8 Å². The summed E-state index contributed by atoms with van der Waals surface area (Å²) in [6.45, 7) is 1.71. The smallest absolute Gasteiger partial charge is 0.338 e. The van der Waals surface area contributed by atoms with E-state index in [1.165, 1.54) is 12.8 Å². The minimum absolute atomic E-state index is 0.0826. The van der Waals surface area contributed by atoms with Gasteiger partial charge in [0.1, 0.15) is 17.6 Å². The van der Waals surface area contributed by atoms with Crippen LogP contribution < -0.4 is 20.1 Å². The third kappa shape index (κ3) is 4.40. The molecule has 1 aromatic carbocycles. The molecule has 0 bridgehead atoms. The van der Waals surface area contributed by atoms with E-state index in [0.29, 0.717) is 28.3 Å². The Balaban J connectivity index is 1.93. The van der Waals surface area contributed by atoms with Crippen molar-refractivity contribution in [2.45, 2.75) is 57.6 Å². The second-order valence-electron chi connectivity index (χ2n) is 7.20. The van der Waals surface area contributed by atoms with E-state index in [1.807, 2.05) is 0 Å². The van der Waals surface area contributed by atoms with Gasteiger partial charge in [0.05, 0.1) is 25.8 Å². The number of benzene rings is 1. The van der Waals surface area contributed by atoms with Crippen LogP contribution in [0.4, 0.5) is 4.79 Å². The molecule has 0 saturated heterocycles. The first kappa shape index (κ1) is 20.0. The van der Waals surface area contributed by atoms with Crippen LogP contribution in [-0.2, 0) is 9.53 Å². The van der Waals surface area contributed by atoms with Gasteiger partial charge < -0.3 is 24.8 Å². The largest absolute Gasteiger partial charge is 0.497 e. The van der Waals surface area contributed by atoms with Gasteiger partial charge >= 0.3 is 12.0 Å². The molecule has 0 radical (unpaired) electrons. The van der Waals surface area contributed by atoms with Gasteiger partial charge in [-0.25, -0.2) is 9.59 Å². The number of methoxy groups -OCH3 is 2. The lowest BCUT2D eigenvalue weighted by Gasteiger charge is -2.30. The molecule has 0 aromatic heterocycles. The van der Waals surface area contributed by atoms with Crippen LogP contribution in [0.5, 0.6) is 11.5 Å². The number of urea groups is 1. The van der Waals surface area contributed by atoms with Crippen molar-refractivity contribution in [1.29, 1.82) is 0 Å². The van der Waals surface area contributed by atoms with Crippen molar-refractivity contribution in [2.75, 3.05) is 14.2 Å². The molecular weight excluding hydrogens is 360 g/mol. The highest BCUT2D eigenvalue weighted by Crippen LogP contribution is 2.36. The second-order valence-corrected chi connectivity index (χ2v) is 7.20. The molecule has 1 aliphatic heterocycles. The monoisotopic (exact) mass is 388 g/mol. The minimum atomic E-state index is -0.683. The van der Waals surface area contributed by atoms with E-state index >= 15 is 0 Å². The van der Waals surface area contributed by atoms with Gasteiger partial charge in [-0.2, -0.15) is 0 Å². The SMILES string of the molecule is COc1ccc(OC)c(C2NC(=O)NC(C)=C2C(=O)OC2CCCCCC2)c1. The van der Waals surface area contributed by atoms with Crippen molar-refractivity contribution in [1.82, 2.24) is 10.6 Å². The molecule has 1 heterocycles. The van der Waals surface area contributed by atoms with Crippen LogP contribution in [0.25, 0.3) is 0 Å². The van der Waals surface area contributed by atoms with Gasteiger partial charge in [-0.15, -0.1) is 0 Å². The molecule has 2 N–H and O–H groups in total. The summed E-state index contributed by atoms with van der Waals surface area (Å²) in [4.78, 5) is 25.2. The van der Waals surface area contributed by atoms with E-state index in [1.54, 1.807) is 39.3 Å².